The maximum atomic E-state index is 11.1. The van der Waals surface area contributed by atoms with Gasteiger partial charge in [0.2, 0.25) is 0 Å². The largest absolute Gasteiger partial charge is 0.461 e. The number of hydrogen-bond donors (Lipinski definition) is 0. The zero-order chi connectivity index (χ0) is 9.40. The van der Waals surface area contributed by atoms with Gasteiger partial charge >= 0.3 is 5.97 Å². The summed E-state index contributed by atoms with van der Waals surface area (Å²) in [5.41, 5.74) is 0. The number of alkyl halides is 1. The van der Waals surface area contributed by atoms with Gasteiger partial charge in [0.25, 0.3) is 0 Å². The van der Waals surface area contributed by atoms with E-state index in [2.05, 4.69) is 29.4 Å². The summed E-state index contributed by atoms with van der Waals surface area (Å²) in [5, 5.41) is 0. The van der Waals surface area contributed by atoms with E-state index in [0.717, 1.165) is 19.3 Å². The predicted octanol–water partition coefficient (Wildman–Crippen LogP) is 2.67. The minimum Gasteiger partial charge on any atom is -0.461 e. The molecule has 1 atom stereocenters. The molecule has 0 radical (unpaired) electrons. The minimum absolute atomic E-state index is 0.155. The molecule has 0 N–H and O–H groups in total. The summed E-state index contributed by atoms with van der Waals surface area (Å²) in [6, 6.07) is 0. The minimum atomic E-state index is -0.191. The van der Waals surface area contributed by atoms with E-state index in [-0.39, 0.29) is 10.8 Å². The fourth-order valence-corrected chi connectivity index (χ4v) is 1.19. The highest BCUT2D eigenvalue weighted by molar-refractivity contribution is 9.10. The third kappa shape index (κ3) is 5.35. The molecule has 0 amide bonds. The lowest BCUT2D eigenvalue weighted by molar-refractivity contribution is -0.141. The summed E-state index contributed by atoms with van der Waals surface area (Å²) in [4.78, 5) is 10.9. The van der Waals surface area contributed by atoms with E-state index in [4.69, 9.17) is 4.74 Å². The van der Waals surface area contributed by atoms with Crippen molar-refractivity contribution in [3.8, 4) is 0 Å². The number of rotatable bonds is 6. The van der Waals surface area contributed by atoms with E-state index >= 15 is 0 Å². The van der Waals surface area contributed by atoms with Crippen LogP contribution in [0.2, 0.25) is 0 Å². The van der Waals surface area contributed by atoms with Gasteiger partial charge in [-0.3, -0.25) is 4.79 Å². The Kier molecular flexibility index (Phi) is 7.16. The van der Waals surface area contributed by atoms with Crippen molar-refractivity contribution < 1.29 is 9.53 Å². The fraction of sp³-hybridized carbons (Fsp3) is 0.667. The van der Waals surface area contributed by atoms with Gasteiger partial charge in [-0.1, -0.05) is 48.4 Å². The maximum Gasteiger partial charge on any atom is 0.320 e. The Bertz CT molecular complexity index is 145. The van der Waals surface area contributed by atoms with Gasteiger partial charge < -0.3 is 4.74 Å². The van der Waals surface area contributed by atoms with Crippen molar-refractivity contribution >= 4 is 21.9 Å². The van der Waals surface area contributed by atoms with Crippen LogP contribution in [0.25, 0.3) is 0 Å². The number of carbonyl (C=O) groups excluding carboxylic acids is 1. The van der Waals surface area contributed by atoms with Crippen LogP contribution in [0.4, 0.5) is 0 Å². The number of esters is 1. The highest BCUT2D eigenvalue weighted by Gasteiger charge is 2.14. The Balaban J connectivity index is 3.53. The molecule has 0 aromatic rings. The average Bonchev–Trinajstić information content (AvgIpc) is 2.10. The summed E-state index contributed by atoms with van der Waals surface area (Å²) in [6.07, 6.45) is 4.54. The van der Waals surface area contributed by atoms with Crippen LogP contribution in [-0.2, 0) is 9.53 Å². The second-order valence-corrected chi connectivity index (χ2v) is 3.63. The van der Waals surface area contributed by atoms with Crippen molar-refractivity contribution in [3.63, 3.8) is 0 Å². The van der Waals surface area contributed by atoms with Crippen LogP contribution in [0.15, 0.2) is 12.7 Å². The quantitative estimate of drug-likeness (QED) is 0.402. The highest BCUT2D eigenvalue weighted by Crippen LogP contribution is 2.11. The third-order valence-electron chi connectivity index (χ3n) is 1.41. The molecule has 1 unspecified atom stereocenters. The molecule has 2 nitrogen and oxygen atoms in total. The molecule has 0 fully saturated rings. The molecule has 3 heteroatoms. The van der Waals surface area contributed by atoms with Gasteiger partial charge in [-0.05, 0) is 6.42 Å². The van der Waals surface area contributed by atoms with E-state index < -0.39 is 0 Å². The van der Waals surface area contributed by atoms with Gasteiger partial charge in [-0.25, -0.2) is 0 Å². The van der Waals surface area contributed by atoms with E-state index in [0.29, 0.717) is 6.61 Å². The summed E-state index contributed by atoms with van der Waals surface area (Å²) in [6.45, 7) is 5.85. The lowest BCUT2D eigenvalue weighted by Crippen LogP contribution is -2.17. The van der Waals surface area contributed by atoms with Crippen molar-refractivity contribution in [1.82, 2.24) is 0 Å². The third-order valence-corrected chi connectivity index (χ3v) is 2.24. The molecule has 0 saturated carbocycles. The van der Waals surface area contributed by atoms with Gasteiger partial charge in [0.05, 0.1) is 0 Å². The smallest absolute Gasteiger partial charge is 0.320 e. The molecule has 0 heterocycles. The van der Waals surface area contributed by atoms with Crippen molar-refractivity contribution in [2.24, 2.45) is 0 Å². The van der Waals surface area contributed by atoms with Crippen LogP contribution in [0, 0.1) is 0 Å². The lowest BCUT2D eigenvalue weighted by Gasteiger charge is -2.07. The number of halogens is 1. The van der Waals surface area contributed by atoms with E-state index in [1.807, 2.05) is 0 Å². The molecule has 12 heavy (non-hydrogen) atoms. The Hall–Kier alpha value is -0.310. The molecule has 70 valence electrons. The Morgan fingerprint density at radius 1 is 1.75 bits per heavy atom. The van der Waals surface area contributed by atoms with Crippen molar-refractivity contribution in [2.45, 2.75) is 31.0 Å². The van der Waals surface area contributed by atoms with Crippen LogP contribution in [0.5, 0.6) is 0 Å². The molecule has 0 bridgehead atoms. The summed E-state index contributed by atoms with van der Waals surface area (Å²) < 4.78 is 4.85. The molecule has 0 rings (SSSR count). The molecule has 0 aromatic heterocycles. The van der Waals surface area contributed by atoms with Crippen LogP contribution in [-0.4, -0.2) is 17.4 Å². The van der Waals surface area contributed by atoms with E-state index in [9.17, 15) is 4.79 Å². The lowest BCUT2D eigenvalue weighted by atomic mass is 10.2. The Labute approximate surface area is 82.1 Å². The summed E-state index contributed by atoms with van der Waals surface area (Å²) in [7, 11) is 0. The van der Waals surface area contributed by atoms with E-state index in [1.54, 1.807) is 6.08 Å². The predicted molar refractivity (Wildman–Crippen MR) is 53.4 cm³/mol. The topological polar surface area (TPSA) is 26.3 Å². The van der Waals surface area contributed by atoms with Crippen molar-refractivity contribution in [3.05, 3.63) is 12.7 Å². The molecule has 0 aliphatic carbocycles. The summed E-state index contributed by atoms with van der Waals surface area (Å²) in [5.74, 6) is -0.191. The first-order valence-electron chi connectivity index (χ1n) is 4.14. The molecule has 0 saturated heterocycles. The second-order valence-electron chi connectivity index (χ2n) is 2.53. The normalized spacial score (nSPS) is 12.2. The van der Waals surface area contributed by atoms with Crippen molar-refractivity contribution in [1.29, 1.82) is 0 Å². The SMILES string of the molecule is C=CCOC(=O)C(Br)CCCC. The van der Waals surface area contributed by atoms with E-state index in [1.165, 1.54) is 0 Å². The zero-order valence-electron chi connectivity index (χ0n) is 7.38. The highest BCUT2D eigenvalue weighted by atomic mass is 79.9. The first kappa shape index (κ1) is 11.7. The molecule has 0 aromatic carbocycles. The Morgan fingerprint density at radius 3 is 2.92 bits per heavy atom. The van der Waals surface area contributed by atoms with Gasteiger partial charge in [0, 0.05) is 0 Å². The summed E-state index contributed by atoms with van der Waals surface area (Å²) >= 11 is 3.27. The molecular weight excluding hydrogens is 220 g/mol. The monoisotopic (exact) mass is 234 g/mol. The van der Waals surface area contributed by atoms with Gasteiger partial charge in [0.1, 0.15) is 11.4 Å². The van der Waals surface area contributed by atoms with Crippen LogP contribution in [0.3, 0.4) is 0 Å². The fourth-order valence-electron chi connectivity index (χ4n) is 0.733. The Morgan fingerprint density at radius 2 is 2.42 bits per heavy atom. The second kappa shape index (κ2) is 7.35. The number of ether oxygens (including phenoxy) is 1. The standard InChI is InChI=1S/C9H15BrO2/c1-3-5-6-8(10)9(11)12-7-4-2/h4,8H,2-3,5-7H2,1H3. The van der Waals surface area contributed by atoms with Gasteiger partial charge in [-0.15, -0.1) is 0 Å². The number of hydrogen-bond acceptors (Lipinski definition) is 2. The van der Waals surface area contributed by atoms with Crippen LogP contribution < -0.4 is 0 Å². The molecular formula is C9H15BrO2. The molecule has 0 spiro atoms. The van der Waals surface area contributed by atoms with Gasteiger partial charge in [-0.2, -0.15) is 0 Å². The average molecular weight is 235 g/mol. The maximum absolute atomic E-state index is 11.1. The zero-order valence-corrected chi connectivity index (χ0v) is 8.97. The first-order valence-corrected chi connectivity index (χ1v) is 5.05. The first-order chi connectivity index (χ1) is 5.72. The molecule has 0 aliphatic rings. The van der Waals surface area contributed by atoms with Gasteiger partial charge in [0.15, 0.2) is 0 Å². The molecule has 0 aliphatic heterocycles. The number of unbranched alkanes of at least 4 members (excludes halogenated alkanes) is 1. The van der Waals surface area contributed by atoms with Crippen LogP contribution in [0.1, 0.15) is 26.2 Å². The van der Waals surface area contributed by atoms with Crippen LogP contribution >= 0.6 is 15.9 Å². The number of carbonyl (C=O) groups is 1. The van der Waals surface area contributed by atoms with Crippen molar-refractivity contribution in [2.75, 3.05) is 6.61 Å².